The van der Waals surface area contributed by atoms with E-state index >= 15 is 0 Å². The van der Waals surface area contributed by atoms with Gasteiger partial charge in [-0.3, -0.25) is 18.7 Å². The Morgan fingerprint density at radius 2 is 0.547 bits per heavy atom. The summed E-state index contributed by atoms with van der Waals surface area (Å²) in [5, 5.41) is 24.2. The molecule has 0 unspecified atom stereocenters. The van der Waals surface area contributed by atoms with Gasteiger partial charge in [-0.25, -0.2) is 0 Å². The minimum atomic E-state index is 0.399. The average molecular weight is 930 g/mol. The average Bonchev–Trinajstić information content (AvgIpc) is 3.98. The maximum Gasteiger partial charge on any atom is 0.0729 e. The molecule has 64 heavy (non-hydrogen) atoms. The van der Waals surface area contributed by atoms with Crippen LogP contribution in [0.15, 0.2) is 77.3 Å². The maximum absolute atomic E-state index is 4.75. The Bertz CT molecular complexity index is 2420. The predicted molar refractivity (Wildman–Crippen MR) is 279 cm³/mol. The van der Waals surface area contributed by atoms with E-state index in [0.717, 1.165) is 4.47 Å². The van der Waals surface area contributed by atoms with Gasteiger partial charge in [0.1, 0.15) is 0 Å². The van der Waals surface area contributed by atoms with Crippen molar-refractivity contribution in [1.82, 2.24) is 39.1 Å². The molecule has 9 heteroatoms. The molecule has 0 saturated heterocycles. The van der Waals surface area contributed by atoms with Gasteiger partial charge in [0.25, 0.3) is 0 Å². The molecule has 0 aliphatic rings. The van der Waals surface area contributed by atoms with Gasteiger partial charge in [0.05, 0.1) is 44.8 Å². The quantitative estimate of drug-likeness (QED) is 0.152. The first-order valence-corrected chi connectivity index (χ1v) is 24.4. The van der Waals surface area contributed by atoms with Gasteiger partial charge >= 0.3 is 0 Å². The Labute approximate surface area is 392 Å². The third-order valence-electron chi connectivity index (χ3n) is 11.5. The van der Waals surface area contributed by atoms with Gasteiger partial charge in [-0.15, -0.1) is 0 Å². The first kappa shape index (κ1) is 50.2. The molecule has 0 saturated carbocycles. The fraction of sp³-hybridized carbons (Fsp3) is 0.491. The molecule has 0 spiro atoms. The Kier molecular flexibility index (Phi) is 16.5. The van der Waals surface area contributed by atoms with Crippen molar-refractivity contribution in [2.75, 3.05) is 0 Å². The van der Waals surface area contributed by atoms with Crippen LogP contribution < -0.4 is 0 Å². The van der Waals surface area contributed by atoms with E-state index in [0.29, 0.717) is 47.8 Å². The number of fused-ring (bicyclic) bond motifs is 4. The zero-order valence-electron chi connectivity index (χ0n) is 42.5. The Balaban J connectivity index is 0.000000161. The fourth-order valence-corrected chi connectivity index (χ4v) is 8.61. The molecule has 0 radical (unpaired) electrons. The molecular weight excluding hydrogens is 853 g/mol. The first-order valence-electron chi connectivity index (χ1n) is 23.7. The van der Waals surface area contributed by atoms with E-state index in [1.807, 2.05) is 0 Å². The number of aromatic nitrogens is 8. The lowest BCUT2D eigenvalue weighted by molar-refractivity contribution is 0.539. The molecule has 8 rings (SSSR count). The van der Waals surface area contributed by atoms with Crippen LogP contribution in [-0.2, 0) is 0 Å². The molecule has 8 nitrogen and oxygen atoms in total. The Morgan fingerprint density at radius 3 is 0.766 bits per heavy atom. The van der Waals surface area contributed by atoms with E-state index in [4.69, 9.17) is 20.4 Å². The van der Waals surface area contributed by atoms with Gasteiger partial charge in [-0.05, 0) is 154 Å². The second kappa shape index (κ2) is 21.0. The molecule has 4 heterocycles. The second-order valence-electron chi connectivity index (χ2n) is 20.0. The molecule has 0 amide bonds. The van der Waals surface area contributed by atoms with E-state index < -0.39 is 0 Å². The number of aryl methyl sites for hydroxylation is 3. The smallest absolute Gasteiger partial charge is 0.0729 e. The lowest BCUT2D eigenvalue weighted by Crippen LogP contribution is -2.03. The fourth-order valence-electron chi connectivity index (χ4n) is 8.25. The Hall–Kier alpha value is -4.76. The topological polar surface area (TPSA) is 71.3 Å². The monoisotopic (exact) mass is 929 g/mol. The summed E-state index contributed by atoms with van der Waals surface area (Å²) < 4.78 is 9.61. The molecule has 0 atom stereocenters. The highest BCUT2D eigenvalue weighted by Gasteiger charge is 2.18. The number of nitrogens with zero attached hydrogens (tertiary/aromatic N) is 8. The minimum Gasteiger partial charge on any atom is -0.262 e. The first-order chi connectivity index (χ1) is 30.0. The summed E-state index contributed by atoms with van der Waals surface area (Å²) in [7, 11) is 0. The van der Waals surface area contributed by atoms with E-state index in [1.165, 1.54) is 83.1 Å². The van der Waals surface area contributed by atoms with Gasteiger partial charge in [0.2, 0.25) is 0 Å². The van der Waals surface area contributed by atoms with Crippen molar-refractivity contribution >= 4 is 59.5 Å². The third kappa shape index (κ3) is 11.2. The van der Waals surface area contributed by atoms with Crippen molar-refractivity contribution in [3.8, 4) is 0 Å². The zero-order valence-corrected chi connectivity index (χ0v) is 44.1. The van der Waals surface area contributed by atoms with Crippen molar-refractivity contribution in [3.05, 3.63) is 117 Å². The summed E-state index contributed by atoms with van der Waals surface area (Å²) in [6.45, 7) is 41.4. The second-order valence-corrected chi connectivity index (χ2v) is 21.0. The standard InChI is InChI=1S/3C14H20N2.C13H17BrN2/c3*1-9(2)14-12-8-11(5)6-7-13(12)16(15-14)10(3)4;1-8(2)13-11-7-10(14)5-6-12(11)16(15-13)9(3)4/h3*6-10H,1-5H3;5-9H,1-4H3. The van der Waals surface area contributed by atoms with E-state index in [-0.39, 0.29) is 0 Å². The summed E-state index contributed by atoms with van der Waals surface area (Å²) in [6.07, 6.45) is 0. The number of rotatable bonds is 8. The zero-order chi connectivity index (χ0) is 47.5. The number of hydrogen-bond donors (Lipinski definition) is 0. The predicted octanol–water partition coefficient (Wildman–Crippen LogP) is 16.7. The molecule has 344 valence electrons. The van der Waals surface area contributed by atoms with Crippen LogP contribution in [0.1, 0.15) is 198 Å². The van der Waals surface area contributed by atoms with E-state index in [9.17, 15) is 0 Å². The van der Waals surface area contributed by atoms with Crippen LogP contribution in [0.4, 0.5) is 0 Å². The van der Waals surface area contributed by atoms with Crippen LogP contribution in [0.2, 0.25) is 0 Å². The summed E-state index contributed by atoms with van der Waals surface area (Å²) in [5.41, 5.74) is 13.7. The van der Waals surface area contributed by atoms with Gasteiger partial charge in [-0.2, -0.15) is 20.4 Å². The van der Waals surface area contributed by atoms with Crippen LogP contribution in [0.3, 0.4) is 0 Å². The Morgan fingerprint density at radius 1 is 0.328 bits per heavy atom. The van der Waals surface area contributed by atoms with Crippen molar-refractivity contribution in [2.45, 2.75) is 179 Å². The molecule has 0 bridgehead atoms. The van der Waals surface area contributed by atoms with Crippen molar-refractivity contribution < 1.29 is 0 Å². The molecule has 0 aliphatic carbocycles. The van der Waals surface area contributed by atoms with Gasteiger partial charge < -0.3 is 0 Å². The molecule has 4 aromatic heterocycles. The van der Waals surface area contributed by atoms with Crippen LogP contribution >= 0.6 is 15.9 Å². The molecule has 0 aliphatic heterocycles. The highest BCUT2D eigenvalue weighted by molar-refractivity contribution is 9.10. The number of hydrogen-bond acceptors (Lipinski definition) is 4. The largest absolute Gasteiger partial charge is 0.262 e. The van der Waals surface area contributed by atoms with E-state index in [1.54, 1.807) is 0 Å². The molecule has 0 fully saturated rings. The van der Waals surface area contributed by atoms with Gasteiger partial charge in [-0.1, -0.05) is 106 Å². The maximum atomic E-state index is 4.75. The SMILES string of the molecule is CC(C)c1nn(C(C)C)c2ccc(Br)cc12.Cc1ccc2c(c1)c(C(C)C)nn2C(C)C.Cc1ccc2c(c1)c(C(C)C)nn2C(C)C.Cc1ccc2c(c1)c(C(C)C)nn2C(C)C. The van der Waals surface area contributed by atoms with Gasteiger partial charge in [0, 0.05) is 50.2 Å². The number of benzene rings is 4. The van der Waals surface area contributed by atoms with E-state index in [2.05, 4.69) is 239 Å². The van der Waals surface area contributed by atoms with Crippen molar-refractivity contribution in [3.63, 3.8) is 0 Å². The normalized spacial score (nSPS) is 11.9. The van der Waals surface area contributed by atoms with Crippen LogP contribution in [0, 0.1) is 20.8 Å². The molecule has 0 N–H and O–H groups in total. The number of halogens is 1. The summed E-state index contributed by atoms with van der Waals surface area (Å²) >= 11 is 3.52. The molecule has 4 aromatic carbocycles. The summed E-state index contributed by atoms with van der Waals surface area (Å²) in [5.74, 6) is 1.88. The molecular formula is C55H77BrN8. The lowest BCUT2D eigenvalue weighted by Gasteiger charge is -2.06. The molecule has 8 aromatic rings. The third-order valence-corrected chi connectivity index (χ3v) is 12.0. The van der Waals surface area contributed by atoms with Crippen LogP contribution in [0.25, 0.3) is 43.6 Å². The summed E-state index contributed by atoms with van der Waals surface area (Å²) in [4.78, 5) is 0. The highest BCUT2D eigenvalue weighted by atomic mass is 79.9. The van der Waals surface area contributed by atoms with Crippen LogP contribution in [-0.4, -0.2) is 39.1 Å². The summed E-state index contributed by atoms with van der Waals surface area (Å²) in [6, 6.07) is 27.8. The van der Waals surface area contributed by atoms with Crippen LogP contribution in [0.5, 0.6) is 0 Å². The van der Waals surface area contributed by atoms with Crippen molar-refractivity contribution in [2.24, 2.45) is 0 Å². The van der Waals surface area contributed by atoms with Gasteiger partial charge in [0.15, 0.2) is 0 Å². The minimum absolute atomic E-state index is 0.399. The lowest BCUT2D eigenvalue weighted by atomic mass is 10.0. The highest BCUT2D eigenvalue weighted by Crippen LogP contribution is 2.32. The van der Waals surface area contributed by atoms with Crippen molar-refractivity contribution in [1.29, 1.82) is 0 Å².